The molecule has 0 aliphatic heterocycles. The van der Waals surface area contributed by atoms with E-state index < -0.39 is 0 Å². The zero-order chi connectivity index (χ0) is 14.5. The van der Waals surface area contributed by atoms with Crippen LogP contribution in [-0.4, -0.2) is 10.9 Å². The molecule has 20 heavy (non-hydrogen) atoms. The highest BCUT2D eigenvalue weighted by molar-refractivity contribution is 7.13. The van der Waals surface area contributed by atoms with Crippen molar-refractivity contribution in [2.24, 2.45) is 0 Å². The number of carbonyl (C=O) groups is 1. The third-order valence-electron chi connectivity index (χ3n) is 3.32. The number of nitrogens with one attached hydrogen (secondary N) is 1. The van der Waals surface area contributed by atoms with Gasteiger partial charge in [0, 0.05) is 5.69 Å². The van der Waals surface area contributed by atoms with Gasteiger partial charge in [-0.3, -0.25) is 4.79 Å². The lowest BCUT2D eigenvalue weighted by molar-refractivity contribution is 0.103. The summed E-state index contributed by atoms with van der Waals surface area (Å²) in [4.78, 5) is 17.3. The summed E-state index contributed by atoms with van der Waals surface area (Å²) in [6.45, 7) is 6.25. The van der Waals surface area contributed by atoms with Crippen LogP contribution in [0.1, 0.15) is 46.6 Å². The van der Waals surface area contributed by atoms with Gasteiger partial charge >= 0.3 is 0 Å². The van der Waals surface area contributed by atoms with Gasteiger partial charge in [0.15, 0.2) is 0 Å². The van der Waals surface area contributed by atoms with E-state index in [1.54, 1.807) is 6.20 Å². The zero-order valence-corrected chi connectivity index (χ0v) is 13.0. The molecule has 0 saturated carbocycles. The highest BCUT2D eigenvalue weighted by atomic mass is 32.1. The number of hydrogen-bond acceptors (Lipinski definition) is 3. The Hall–Kier alpha value is -1.68. The average Bonchev–Trinajstić information content (AvgIpc) is 2.96. The second kappa shape index (κ2) is 6.66. The lowest BCUT2D eigenvalue weighted by Gasteiger charge is -2.13. The minimum absolute atomic E-state index is 0.0576. The standard InChI is InChI=1S/C16H20N2OS/c1-4-11-8-7-9-12(5-2)15(11)18-16(19)13-10-17-14(6-3)20-13/h7-10H,4-6H2,1-3H3,(H,18,19). The topological polar surface area (TPSA) is 42.0 Å². The summed E-state index contributed by atoms with van der Waals surface area (Å²) in [6, 6.07) is 6.19. The minimum atomic E-state index is -0.0576. The number of carbonyl (C=O) groups excluding carboxylic acids is 1. The van der Waals surface area contributed by atoms with E-state index in [4.69, 9.17) is 0 Å². The van der Waals surface area contributed by atoms with Crippen LogP contribution in [-0.2, 0) is 19.3 Å². The highest BCUT2D eigenvalue weighted by Gasteiger charge is 2.14. The van der Waals surface area contributed by atoms with Crippen LogP contribution in [0.25, 0.3) is 0 Å². The molecule has 1 heterocycles. The summed E-state index contributed by atoms with van der Waals surface area (Å²) in [6.07, 6.45) is 4.35. The van der Waals surface area contributed by atoms with Crippen molar-refractivity contribution in [3.8, 4) is 0 Å². The van der Waals surface area contributed by atoms with Crippen molar-refractivity contribution in [2.75, 3.05) is 5.32 Å². The van der Waals surface area contributed by atoms with Crippen LogP contribution in [0.3, 0.4) is 0 Å². The molecule has 0 spiro atoms. The van der Waals surface area contributed by atoms with Crippen LogP contribution < -0.4 is 5.32 Å². The zero-order valence-electron chi connectivity index (χ0n) is 12.2. The molecule has 0 unspecified atom stereocenters. The highest BCUT2D eigenvalue weighted by Crippen LogP contribution is 2.24. The predicted octanol–water partition coefficient (Wildman–Crippen LogP) is 4.08. The molecule has 2 rings (SSSR count). The molecule has 1 aromatic heterocycles. The van der Waals surface area contributed by atoms with Gasteiger partial charge in [-0.25, -0.2) is 4.98 Å². The molecule has 0 fully saturated rings. The van der Waals surface area contributed by atoms with E-state index in [1.807, 2.05) is 6.92 Å². The SMILES string of the molecule is CCc1ncc(C(=O)Nc2c(CC)cccc2CC)s1. The molecule has 0 radical (unpaired) electrons. The number of amides is 1. The monoisotopic (exact) mass is 288 g/mol. The lowest BCUT2D eigenvalue weighted by atomic mass is 10.0. The van der Waals surface area contributed by atoms with Crippen molar-refractivity contribution < 1.29 is 4.79 Å². The van der Waals surface area contributed by atoms with Gasteiger partial charge in [0.1, 0.15) is 4.88 Å². The Balaban J connectivity index is 2.27. The van der Waals surface area contributed by atoms with E-state index in [2.05, 4.69) is 42.3 Å². The number of para-hydroxylation sites is 1. The Kier molecular flexibility index (Phi) is 4.90. The smallest absolute Gasteiger partial charge is 0.267 e. The first-order valence-corrected chi connectivity index (χ1v) is 7.88. The third-order valence-corrected chi connectivity index (χ3v) is 4.46. The van der Waals surface area contributed by atoms with Gasteiger partial charge in [0.25, 0.3) is 5.91 Å². The number of hydrogen-bond donors (Lipinski definition) is 1. The van der Waals surface area contributed by atoms with Gasteiger partial charge in [0.2, 0.25) is 0 Å². The van der Waals surface area contributed by atoms with Crippen LogP contribution in [0.15, 0.2) is 24.4 Å². The molecule has 0 bridgehead atoms. The van der Waals surface area contributed by atoms with Crippen molar-refractivity contribution in [2.45, 2.75) is 40.0 Å². The number of thiazole rings is 1. The first-order chi connectivity index (χ1) is 9.69. The summed E-state index contributed by atoms with van der Waals surface area (Å²) in [5, 5.41) is 4.06. The molecule has 3 nitrogen and oxygen atoms in total. The summed E-state index contributed by atoms with van der Waals surface area (Å²) >= 11 is 1.46. The number of aryl methyl sites for hydroxylation is 3. The van der Waals surface area contributed by atoms with E-state index in [-0.39, 0.29) is 5.91 Å². The third kappa shape index (κ3) is 3.07. The van der Waals surface area contributed by atoms with Gasteiger partial charge in [0.05, 0.1) is 11.2 Å². The van der Waals surface area contributed by atoms with E-state index in [0.29, 0.717) is 4.88 Å². The fourth-order valence-electron chi connectivity index (χ4n) is 2.16. The van der Waals surface area contributed by atoms with Gasteiger partial charge in [-0.2, -0.15) is 0 Å². The van der Waals surface area contributed by atoms with Crippen molar-refractivity contribution >= 4 is 22.9 Å². The molecule has 0 saturated heterocycles. The average molecular weight is 288 g/mol. The van der Waals surface area contributed by atoms with E-state index in [0.717, 1.165) is 30.0 Å². The van der Waals surface area contributed by atoms with Crippen LogP contribution in [0.5, 0.6) is 0 Å². The van der Waals surface area contributed by atoms with Gasteiger partial charge in [-0.1, -0.05) is 39.0 Å². The largest absolute Gasteiger partial charge is 0.321 e. The first-order valence-electron chi connectivity index (χ1n) is 7.06. The van der Waals surface area contributed by atoms with Crippen LogP contribution in [0.2, 0.25) is 0 Å². The maximum absolute atomic E-state index is 12.3. The van der Waals surface area contributed by atoms with Crippen LogP contribution >= 0.6 is 11.3 Å². The molecule has 1 amide bonds. The molecule has 1 N–H and O–H groups in total. The Morgan fingerprint density at radius 2 is 1.80 bits per heavy atom. The Morgan fingerprint density at radius 3 is 2.30 bits per heavy atom. The van der Waals surface area contributed by atoms with Gasteiger partial charge in [-0.05, 0) is 30.4 Å². The predicted molar refractivity (Wildman–Crippen MR) is 84.6 cm³/mol. The number of nitrogens with zero attached hydrogens (tertiary/aromatic N) is 1. The molecule has 0 atom stereocenters. The normalized spacial score (nSPS) is 10.6. The Morgan fingerprint density at radius 1 is 1.15 bits per heavy atom. The molecule has 106 valence electrons. The van der Waals surface area contributed by atoms with Crippen molar-refractivity contribution in [1.82, 2.24) is 4.98 Å². The lowest BCUT2D eigenvalue weighted by Crippen LogP contribution is -2.13. The van der Waals surface area contributed by atoms with Crippen LogP contribution in [0, 0.1) is 0 Å². The summed E-state index contributed by atoms with van der Waals surface area (Å²) < 4.78 is 0. The molecule has 0 aliphatic rings. The van der Waals surface area contributed by atoms with Gasteiger partial charge in [-0.15, -0.1) is 11.3 Å². The van der Waals surface area contributed by atoms with E-state index in [9.17, 15) is 4.79 Å². The maximum Gasteiger partial charge on any atom is 0.267 e. The quantitative estimate of drug-likeness (QED) is 0.900. The minimum Gasteiger partial charge on any atom is -0.321 e. The fraction of sp³-hybridized carbons (Fsp3) is 0.375. The second-order valence-electron chi connectivity index (χ2n) is 4.58. The van der Waals surface area contributed by atoms with E-state index in [1.165, 1.54) is 22.5 Å². The number of rotatable bonds is 5. The Labute approximate surface area is 124 Å². The molecule has 4 heteroatoms. The summed E-state index contributed by atoms with van der Waals surface area (Å²) in [5.74, 6) is -0.0576. The molecule has 2 aromatic rings. The first kappa shape index (κ1) is 14.7. The summed E-state index contributed by atoms with van der Waals surface area (Å²) in [7, 11) is 0. The maximum atomic E-state index is 12.3. The van der Waals surface area contributed by atoms with Crippen molar-refractivity contribution in [1.29, 1.82) is 0 Å². The summed E-state index contributed by atoms with van der Waals surface area (Å²) in [5.41, 5.74) is 3.32. The fourth-order valence-corrected chi connectivity index (χ4v) is 2.91. The molecule has 1 aromatic carbocycles. The number of benzene rings is 1. The van der Waals surface area contributed by atoms with E-state index >= 15 is 0 Å². The second-order valence-corrected chi connectivity index (χ2v) is 5.70. The Bertz CT molecular complexity index is 582. The van der Waals surface area contributed by atoms with Crippen molar-refractivity contribution in [3.63, 3.8) is 0 Å². The van der Waals surface area contributed by atoms with Crippen molar-refractivity contribution in [3.05, 3.63) is 45.4 Å². The molecular weight excluding hydrogens is 268 g/mol. The molecule has 0 aliphatic carbocycles. The number of aromatic nitrogens is 1. The molecular formula is C16H20N2OS. The van der Waals surface area contributed by atoms with Crippen LogP contribution in [0.4, 0.5) is 5.69 Å². The van der Waals surface area contributed by atoms with Gasteiger partial charge < -0.3 is 5.32 Å². The number of anilines is 1.